The van der Waals surface area contributed by atoms with Gasteiger partial charge in [0.2, 0.25) is 0 Å². The molecule has 4 nitrogen and oxygen atoms in total. The molecular formula is C13H22F3NO3. The lowest BCUT2D eigenvalue weighted by atomic mass is 9.85. The van der Waals surface area contributed by atoms with Crippen LogP contribution in [0.25, 0.3) is 0 Å². The van der Waals surface area contributed by atoms with Gasteiger partial charge in [0.25, 0.3) is 0 Å². The Morgan fingerprint density at radius 3 is 2.70 bits per heavy atom. The summed E-state index contributed by atoms with van der Waals surface area (Å²) in [6.45, 7) is 0.366. The molecule has 1 saturated carbocycles. The van der Waals surface area contributed by atoms with E-state index >= 15 is 0 Å². The third kappa shape index (κ3) is 4.63. The van der Waals surface area contributed by atoms with Crippen molar-refractivity contribution in [3.63, 3.8) is 0 Å². The first-order valence-corrected chi connectivity index (χ1v) is 6.88. The molecule has 2 N–H and O–H groups in total. The smallest absolute Gasteiger partial charge is 0.389 e. The summed E-state index contributed by atoms with van der Waals surface area (Å²) in [4.78, 5) is 11.4. The van der Waals surface area contributed by atoms with Crippen LogP contribution in [0.3, 0.4) is 0 Å². The van der Waals surface area contributed by atoms with Gasteiger partial charge in [-0.15, -0.1) is 0 Å². The molecule has 2 unspecified atom stereocenters. The Kier molecular flexibility index (Phi) is 6.26. The van der Waals surface area contributed by atoms with Crippen molar-refractivity contribution >= 4 is 5.97 Å². The maximum absolute atomic E-state index is 11.9. The SMILES string of the molecule is CNC1(C(=O)O)CCCC1CCOCCCC(F)(F)F. The van der Waals surface area contributed by atoms with Crippen LogP contribution in [-0.2, 0) is 9.53 Å². The monoisotopic (exact) mass is 297 g/mol. The number of nitrogens with one attached hydrogen (secondary N) is 1. The number of carbonyl (C=O) groups is 1. The number of rotatable bonds is 8. The molecule has 0 amide bonds. The molecule has 0 aliphatic heterocycles. The number of halogens is 3. The van der Waals surface area contributed by atoms with E-state index in [1.54, 1.807) is 7.05 Å². The molecule has 1 aliphatic rings. The molecule has 0 aromatic heterocycles. The van der Waals surface area contributed by atoms with Gasteiger partial charge >= 0.3 is 12.1 Å². The summed E-state index contributed by atoms with van der Waals surface area (Å²) < 4.78 is 40.9. The van der Waals surface area contributed by atoms with Crippen molar-refractivity contribution in [3.05, 3.63) is 0 Å². The van der Waals surface area contributed by atoms with Crippen molar-refractivity contribution in [2.45, 2.75) is 50.2 Å². The predicted octanol–water partition coefficient (Wildman–Crippen LogP) is 2.58. The minimum Gasteiger partial charge on any atom is -0.480 e. The Balaban J connectivity index is 2.26. The first-order chi connectivity index (χ1) is 9.32. The number of carboxylic acids is 1. The number of ether oxygens (including phenoxy) is 1. The van der Waals surface area contributed by atoms with Gasteiger partial charge in [0, 0.05) is 19.6 Å². The quantitative estimate of drug-likeness (QED) is 0.676. The second-order valence-corrected chi connectivity index (χ2v) is 5.24. The summed E-state index contributed by atoms with van der Waals surface area (Å²) in [7, 11) is 1.64. The number of likely N-dealkylation sites (N-methyl/N-ethyl adjacent to an activating group) is 1. The lowest BCUT2D eigenvalue weighted by Gasteiger charge is -2.30. The number of aliphatic carboxylic acids is 1. The highest BCUT2D eigenvalue weighted by molar-refractivity contribution is 5.79. The third-order valence-corrected chi connectivity index (χ3v) is 4.01. The van der Waals surface area contributed by atoms with Gasteiger partial charge in [0.05, 0.1) is 0 Å². The molecular weight excluding hydrogens is 275 g/mol. The van der Waals surface area contributed by atoms with Gasteiger partial charge in [0.1, 0.15) is 5.54 Å². The van der Waals surface area contributed by atoms with E-state index < -0.39 is 24.1 Å². The van der Waals surface area contributed by atoms with Crippen molar-refractivity contribution in [2.75, 3.05) is 20.3 Å². The summed E-state index contributed by atoms with van der Waals surface area (Å²) in [6, 6.07) is 0. The molecule has 2 atom stereocenters. The van der Waals surface area contributed by atoms with E-state index in [1.807, 2.05) is 0 Å². The molecule has 1 rings (SSSR count). The van der Waals surface area contributed by atoms with Gasteiger partial charge in [-0.1, -0.05) is 6.42 Å². The molecule has 0 heterocycles. The summed E-state index contributed by atoms with van der Waals surface area (Å²) in [5, 5.41) is 12.2. The Hall–Kier alpha value is -0.820. The summed E-state index contributed by atoms with van der Waals surface area (Å²) >= 11 is 0. The van der Waals surface area contributed by atoms with E-state index in [2.05, 4.69) is 5.32 Å². The van der Waals surface area contributed by atoms with Crippen molar-refractivity contribution in [2.24, 2.45) is 5.92 Å². The molecule has 0 bridgehead atoms. The zero-order chi connectivity index (χ0) is 15.2. The third-order valence-electron chi connectivity index (χ3n) is 4.01. The maximum atomic E-state index is 11.9. The van der Waals surface area contributed by atoms with Gasteiger partial charge in [-0.2, -0.15) is 13.2 Å². The van der Waals surface area contributed by atoms with Crippen LogP contribution in [0.4, 0.5) is 13.2 Å². The van der Waals surface area contributed by atoms with E-state index in [9.17, 15) is 23.1 Å². The molecule has 0 spiro atoms. The number of hydrogen-bond acceptors (Lipinski definition) is 3. The van der Waals surface area contributed by atoms with E-state index in [4.69, 9.17) is 4.74 Å². The van der Waals surface area contributed by atoms with E-state index in [0.29, 0.717) is 19.4 Å². The highest BCUT2D eigenvalue weighted by Crippen LogP contribution is 2.38. The maximum Gasteiger partial charge on any atom is 0.389 e. The Morgan fingerprint density at radius 1 is 1.45 bits per heavy atom. The zero-order valence-electron chi connectivity index (χ0n) is 11.6. The topological polar surface area (TPSA) is 58.6 Å². The standard InChI is InChI=1S/C13H22F3NO3/c1-17-12(11(18)19)6-2-4-10(12)5-9-20-8-3-7-13(14,15)16/h10,17H,2-9H2,1H3,(H,18,19). The first kappa shape index (κ1) is 17.2. The van der Waals surface area contributed by atoms with Crippen molar-refractivity contribution < 1.29 is 27.8 Å². The van der Waals surface area contributed by atoms with Gasteiger partial charge in [-0.3, -0.25) is 4.79 Å². The fourth-order valence-electron chi connectivity index (χ4n) is 2.89. The van der Waals surface area contributed by atoms with Crippen molar-refractivity contribution in [3.8, 4) is 0 Å². The average Bonchev–Trinajstić information content (AvgIpc) is 2.76. The van der Waals surface area contributed by atoms with Crippen LogP contribution in [0.2, 0.25) is 0 Å². The van der Waals surface area contributed by atoms with Gasteiger partial charge in [-0.25, -0.2) is 0 Å². The highest BCUT2D eigenvalue weighted by atomic mass is 19.4. The van der Waals surface area contributed by atoms with Gasteiger partial charge < -0.3 is 15.2 Å². The molecule has 0 aromatic carbocycles. The molecule has 0 saturated heterocycles. The molecule has 7 heteroatoms. The first-order valence-electron chi connectivity index (χ1n) is 6.88. The normalized spacial score (nSPS) is 26.9. The Bertz CT molecular complexity index is 322. The highest BCUT2D eigenvalue weighted by Gasteiger charge is 2.47. The lowest BCUT2D eigenvalue weighted by molar-refractivity contribution is -0.147. The minimum atomic E-state index is -4.14. The van der Waals surface area contributed by atoms with Crippen molar-refractivity contribution in [1.82, 2.24) is 5.32 Å². The number of hydrogen-bond donors (Lipinski definition) is 2. The largest absolute Gasteiger partial charge is 0.480 e. The van der Waals surface area contributed by atoms with Crippen LogP contribution in [0, 0.1) is 5.92 Å². The fourth-order valence-corrected chi connectivity index (χ4v) is 2.89. The van der Waals surface area contributed by atoms with Crippen LogP contribution in [-0.4, -0.2) is 43.1 Å². The van der Waals surface area contributed by atoms with Crippen LogP contribution in [0.15, 0.2) is 0 Å². The van der Waals surface area contributed by atoms with E-state index in [1.165, 1.54) is 0 Å². The summed E-state index contributed by atoms with van der Waals surface area (Å²) in [6.07, 6.45) is -2.25. The van der Waals surface area contributed by atoms with Crippen LogP contribution < -0.4 is 5.32 Å². The minimum absolute atomic E-state index is 0.0346. The fraction of sp³-hybridized carbons (Fsp3) is 0.923. The molecule has 20 heavy (non-hydrogen) atoms. The van der Waals surface area contributed by atoms with E-state index in [-0.39, 0.29) is 18.9 Å². The molecule has 0 aromatic rings. The van der Waals surface area contributed by atoms with Gasteiger partial charge in [-0.05, 0) is 38.6 Å². The number of carboxylic acid groups (broad SMARTS) is 1. The molecule has 1 aliphatic carbocycles. The predicted molar refractivity (Wildman–Crippen MR) is 67.5 cm³/mol. The number of alkyl halides is 3. The molecule has 0 radical (unpaired) electrons. The second-order valence-electron chi connectivity index (χ2n) is 5.24. The zero-order valence-corrected chi connectivity index (χ0v) is 11.6. The summed E-state index contributed by atoms with van der Waals surface area (Å²) in [5.74, 6) is -0.896. The molecule has 118 valence electrons. The average molecular weight is 297 g/mol. The molecule has 1 fully saturated rings. The Labute approximate surface area is 116 Å². The van der Waals surface area contributed by atoms with E-state index in [0.717, 1.165) is 12.8 Å². The summed E-state index contributed by atoms with van der Waals surface area (Å²) in [5.41, 5.74) is -0.907. The Morgan fingerprint density at radius 2 is 2.15 bits per heavy atom. The van der Waals surface area contributed by atoms with Crippen LogP contribution in [0.5, 0.6) is 0 Å². The van der Waals surface area contributed by atoms with Crippen LogP contribution >= 0.6 is 0 Å². The van der Waals surface area contributed by atoms with Gasteiger partial charge in [0.15, 0.2) is 0 Å². The van der Waals surface area contributed by atoms with Crippen molar-refractivity contribution in [1.29, 1.82) is 0 Å². The second kappa shape index (κ2) is 7.26. The van der Waals surface area contributed by atoms with Crippen LogP contribution in [0.1, 0.15) is 38.5 Å². The lowest BCUT2D eigenvalue weighted by Crippen LogP contribution is -2.53.